The van der Waals surface area contributed by atoms with E-state index in [4.69, 9.17) is 0 Å². The molecule has 0 saturated heterocycles. The fourth-order valence-electron chi connectivity index (χ4n) is 2.40. The van der Waals surface area contributed by atoms with Crippen LogP contribution in [0.1, 0.15) is 37.6 Å². The first-order valence-corrected chi connectivity index (χ1v) is 7.74. The lowest BCUT2D eigenvalue weighted by atomic mass is 10.0. The van der Waals surface area contributed by atoms with Crippen LogP contribution in [0.2, 0.25) is 0 Å². The molecule has 2 N–H and O–H groups in total. The summed E-state index contributed by atoms with van der Waals surface area (Å²) in [6, 6.07) is 8.01. The molecule has 0 spiro atoms. The highest BCUT2D eigenvalue weighted by molar-refractivity contribution is 5.99. The Labute approximate surface area is 128 Å². The predicted molar refractivity (Wildman–Crippen MR) is 89.9 cm³/mol. The molecule has 1 aromatic rings. The molecule has 0 radical (unpaired) electrons. The minimum atomic E-state index is -0.0123. The number of carbonyl (C=O) groups is 1. The van der Waals surface area contributed by atoms with Crippen LogP contribution in [0.15, 0.2) is 24.3 Å². The molecule has 0 aliphatic carbocycles. The van der Waals surface area contributed by atoms with Crippen LogP contribution in [0.5, 0.6) is 0 Å². The average molecular weight is 291 g/mol. The summed E-state index contributed by atoms with van der Waals surface area (Å²) in [4.78, 5) is 14.6. The second kappa shape index (κ2) is 8.67. The van der Waals surface area contributed by atoms with Crippen LogP contribution in [0.3, 0.4) is 0 Å². The molecule has 0 aliphatic rings. The molecule has 0 bridgehead atoms. The Hall–Kier alpha value is -1.55. The molecule has 0 saturated carbocycles. The first kappa shape index (κ1) is 17.5. The third-order valence-corrected chi connectivity index (χ3v) is 3.64. The number of hydrogen-bond acceptors (Lipinski definition) is 3. The number of carbonyl (C=O) groups excluding carboxylic acids is 1. The molecule has 118 valence electrons. The van der Waals surface area contributed by atoms with Crippen molar-refractivity contribution in [3.05, 3.63) is 29.8 Å². The van der Waals surface area contributed by atoms with E-state index in [1.54, 1.807) is 0 Å². The van der Waals surface area contributed by atoms with E-state index in [9.17, 15) is 4.79 Å². The van der Waals surface area contributed by atoms with E-state index in [1.807, 2.05) is 38.4 Å². The highest BCUT2D eigenvalue weighted by Gasteiger charge is 2.18. The van der Waals surface area contributed by atoms with Gasteiger partial charge in [-0.05, 0) is 38.6 Å². The van der Waals surface area contributed by atoms with E-state index in [0.29, 0.717) is 24.1 Å². The second-order valence-electron chi connectivity index (χ2n) is 5.96. The second-order valence-corrected chi connectivity index (χ2v) is 5.96. The topological polar surface area (TPSA) is 44.4 Å². The van der Waals surface area contributed by atoms with Crippen molar-refractivity contribution in [3.8, 4) is 0 Å². The SMILES string of the molecule is CCCNc1ccccc1C(=O)NCC(C(C)C)N(C)C. The first-order valence-electron chi connectivity index (χ1n) is 7.74. The van der Waals surface area contributed by atoms with Crippen molar-refractivity contribution in [3.63, 3.8) is 0 Å². The van der Waals surface area contributed by atoms with Crippen LogP contribution in [0.4, 0.5) is 5.69 Å². The molecule has 0 aliphatic heterocycles. The Morgan fingerprint density at radius 2 is 1.90 bits per heavy atom. The van der Waals surface area contributed by atoms with Gasteiger partial charge in [0.05, 0.1) is 5.56 Å². The van der Waals surface area contributed by atoms with Crippen LogP contribution in [-0.2, 0) is 0 Å². The van der Waals surface area contributed by atoms with Crippen LogP contribution >= 0.6 is 0 Å². The molecule has 1 unspecified atom stereocenters. The maximum atomic E-state index is 12.4. The summed E-state index contributed by atoms with van der Waals surface area (Å²) >= 11 is 0. The van der Waals surface area contributed by atoms with E-state index in [0.717, 1.165) is 18.7 Å². The van der Waals surface area contributed by atoms with E-state index < -0.39 is 0 Å². The number of rotatable bonds is 8. The normalized spacial score (nSPS) is 12.5. The van der Waals surface area contributed by atoms with Gasteiger partial charge in [-0.3, -0.25) is 4.79 Å². The molecular formula is C17H29N3O. The summed E-state index contributed by atoms with van der Waals surface area (Å²) in [5.41, 5.74) is 1.62. The number of benzene rings is 1. The molecule has 1 aromatic carbocycles. The third kappa shape index (κ3) is 5.38. The zero-order valence-electron chi connectivity index (χ0n) is 13.9. The van der Waals surface area contributed by atoms with Crippen LogP contribution in [0.25, 0.3) is 0 Å². The zero-order valence-corrected chi connectivity index (χ0v) is 13.9. The Morgan fingerprint density at radius 3 is 2.48 bits per heavy atom. The minimum Gasteiger partial charge on any atom is -0.384 e. The molecule has 0 fully saturated rings. The molecule has 1 atom stereocenters. The van der Waals surface area contributed by atoms with Crippen molar-refractivity contribution in [1.82, 2.24) is 10.2 Å². The average Bonchev–Trinajstić information content (AvgIpc) is 2.44. The van der Waals surface area contributed by atoms with Gasteiger partial charge in [0.2, 0.25) is 0 Å². The number of hydrogen-bond donors (Lipinski definition) is 2. The Kier molecular flexibility index (Phi) is 7.23. The maximum absolute atomic E-state index is 12.4. The Balaban J connectivity index is 2.71. The fourth-order valence-corrected chi connectivity index (χ4v) is 2.40. The summed E-state index contributed by atoms with van der Waals surface area (Å²) in [6.07, 6.45) is 1.03. The largest absolute Gasteiger partial charge is 0.384 e. The molecular weight excluding hydrogens is 262 g/mol. The number of anilines is 1. The van der Waals surface area contributed by atoms with Gasteiger partial charge in [-0.2, -0.15) is 0 Å². The fraction of sp³-hybridized carbons (Fsp3) is 0.588. The van der Waals surface area contributed by atoms with E-state index >= 15 is 0 Å². The van der Waals surface area contributed by atoms with Crippen molar-refractivity contribution in [2.45, 2.75) is 33.2 Å². The zero-order chi connectivity index (χ0) is 15.8. The van der Waals surface area contributed by atoms with Crippen LogP contribution in [-0.4, -0.2) is 44.0 Å². The number of nitrogens with one attached hydrogen (secondary N) is 2. The molecule has 0 heterocycles. The molecule has 1 rings (SSSR count). The van der Waals surface area contributed by atoms with E-state index in [1.165, 1.54) is 0 Å². The summed E-state index contributed by atoms with van der Waals surface area (Å²) < 4.78 is 0. The number of nitrogens with zero attached hydrogens (tertiary/aromatic N) is 1. The van der Waals surface area contributed by atoms with Crippen molar-refractivity contribution in [2.75, 3.05) is 32.5 Å². The summed E-state index contributed by atoms with van der Waals surface area (Å²) in [7, 11) is 4.10. The van der Waals surface area contributed by atoms with Crippen molar-refractivity contribution in [1.29, 1.82) is 0 Å². The van der Waals surface area contributed by atoms with E-state index in [-0.39, 0.29) is 5.91 Å². The van der Waals surface area contributed by atoms with Gasteiger partial charge in [0.1, 0.15) is 0 Å². The lowest BCUT2D eigenvalue weighted by Gasteiger charge is -2.28. The first-order chi connectivity index (χ1) is 9.97. The molecule has 4 nitrogen and oxygen atoms in total. The summed E-state index contributed by atoms with van der Waals surface area (Å²) in [6.45, 7) is 7.99. The van der Waals surface area contributed by atoms with E-state index in [2.05, 4.69) is 36.3 Å². The molecule has 4 heteroatoms. The maximum Gasteiger partial charge on any atom is 0.253 e. The van der Waals surface area contributed by atoms with Gasteiger partial charge in [-0.25, -0.2) is 0 Å². The Morgan fingerprint density at radius 1 is 1.24 bits per heavy atom. The number of amides is 1. The highest BCUT2D eigenvalue weighted by atomic mass is 16.1. The highest BCUT2D eigenvalue weighted by Crippen LogP contribution is 2.15. The van der Waals surface area contributed by atoms with Crippen LogP contribution < -0.4 is 10.6 Å². The van der Waals surface area contributed by atoms with Gasteiger partial charge in [0, 0.05) is 24.8 Å². The van der Waals surface area contributed by atoms with Gasteiger partial charge < -0.3 is 15.5 Å². The van der Waals surface area contributed by atoms with Gasteiger partial charge in [0.15, 0.2) is 0 Å². The number of para-hydroxylation sites is 1. The van der Waals surface area contributed by atoms with Crippen molar-refractivity contribution < 1.29 is 4.79 Å². The number of likely N-dealkylation sites (N-methyl/N-ethyl adjacent to an activating group) is 1. The van der Waals surface area contributed by atoms with Crippen molar-refractivity contribution in [2.24, 2.45) is 5.92 Å². The standard InChI is InChI=1S/C17H29N3O/c1-6-11-18-15-10-8-7-9-14(15)17(21)19-12-16(13(2)3)20(4)5/h7-10,13,16,18H,6,11-12H2,1-5H3,(H,19,21). The minimum absolute atomic E-state index is 0.0123. The quantitative estimate of drug-likeness (QED) is 0.774. The lowest BCUT2D eigenvalue weighted by molar-refractivity contribution is 0.0935. The van der Waals surface area contributed by atoms with Gasteiger partial charge in [-0.15, -0.1) is 0 Å². The predicted octanol–water partition coefficient (Wildman–Crippen LogP) is 2.82. The molecule has 0 aromatic heterocycles. The molecule has 21 heavy (non-hydrogen) atoms. The molecule has 1 amide bonds. The van der Waals surface area contributed by atoms with Crippen molar-refractivity contribution >= 4 is 11.6 Å². The Bertz CT molecular complexity index is 435. The van der Waals surface area contributed by atoms with Gasteiger partial charge >= 0.3 is 0 Å². The summed E-state index contributed by atoms with van der Waals surface area (Å²) in [5.74, 6) is 0.482. The monoisotopic (exact) mass is 291 g/mol. The third-order valence-electron chi connectivity index (χ3n) is 3.64. The summed E-state index contributed by atoms with van der Waals surface area (Å²) in [5, 5.41) is 6.36. The van der Waals surface area contributed by atoms with Crippen LogP contribution in [0, 0.1) is 5.92 Å². The van der Waals surface area contributed by atoms with Gasteiger partial charge in [-0.1, -0.05) is 32.9 Å². The van der Waals surface area contributed by atoms with Gasteiger partial charge in [0.25, 0.3) is 5.91 Å². The smallest absolute Gasteiger partial charge is 0.253 e. The lowest BCUT2D eigenvalue weighted by Crippen LogP contribution is -2.43.